The number of fused-ring (bicyclic) bond motifs is 3. The van der Waals surface area contributed by atoms with Gasteiger partial charge < -0.3 is 5.11 Å². The Morgan fingerprint density at radius 2 is 2.00 bits per heavy atom. The number of aromatic nitrogens is 2. The molecular weight excluding hydrogens is 296 g/mol. The average molecular weight is 320 g/mol. The molecule has 3 nitrogen and oxygen atoms in total. The molecule has 1 saturated carbocycles. The van der Waals surface area contributed by atoms with Crippen LogP contribution in [0.2, 0.25) is 0 Å². The second-order valence-electron chi connectivity index (χ2n) is 8.00. The zero-order chi connectivity index (χ0) is 16.3. The van der Waals surface area contributed by atoms with E-state index in [1.54, 1.807) is 11.1 Å². The molecule has 0 amide bonds. The predicted octanol–water partition coefficient (Wildman–Crippen LogP) is 3.84. The molecule has 124 valence electrons. The van der Waals surface area contributed by atoms with E-state index in [1.807, 2.05) is 6.07 Å². The zero-order valence-electron chi connectivity index (χ0n) is 14.2. The molecule has 1 aromatic carbocycles. The van der Waals surface area contributed by atoms with Gasteiger partial charge in [-0.1, -0.05) is 36.3 Å². The second kappa shape index (κ2) is 5.06. The zero-order valence-corrected chi connectivity index (χ0v) is 14.2. The van der Waals surface area contributed by atoms with Gasteiger partial charge in [-0.2, -0.15) is 5.10 Å². The summed E-state index contributed by atoms with van der Waals surface area (Å²) in [6.45, 7) is 2.31. The maximum atomic E-state index is 10.5. The summed E-state index contributed by atoms with van der Waals surface area (Å²) < 4.78 is 2.12. The predicted molar refractivity (Wildman–Crippen MR) is 94.1 cm³/mol. The molecule has 1 aromatic heterocycles. The van der Waals surface area contributed by atoms with Crippen molar-refractivity contribution in [1.82, 2.24) is 9.78 Å². The molecule has 0 spiro atoms. The minimum atomic E-state index is -0.120. The molecule has 1 N–H and O–H groups in total. The number of aliphatic hydroxyl groups excluding tert-OH is 1. The molecule has 3 aliphatic carbocycles. The first kappa shape index (κ1) is 14.5. The molecule has 1 fully saturated rings. The van der Waals surface area contributed by atoms with Crippen LogP contribution in [0.15, 0.2) is 47.7 Å². The quantitative estimate of drug-likeness (QED) is 0.811. The van der Waals surface area contributed by atoms with Crippen molar-refractivity contribution < 1.29 is 5.11 Å². The standard InChI is InChI=1S/C21H24N2O/c1-21-10-9-14-12-19-15(11-17(14)18(21)7-8-20(21)24)13-22-23(19)16-5-3-2-4-6-16/h2-6,13,18,20,24H,7-12H2,1H3. The molecule has 3 aliphatic rings. The molecule has 24 heavy (non-hydrogen) atoms. The third-order valence-corrected chi connectivity index (χ3v) is 6.84. The van der Waals surface area contributed by atoms with Gasteiger partial charge in [-0.3, -0.25) is 0 Å². The van der Waals surface area contributed by atoms with Crippen LogP contribution in [0.1, 0.15) is 43.9 Å². The van der Waals surface area contributed by atoms with E-state index in [9.17, 15) is 5.11 Å². The van der Waals surface area contributed by atoms with Gasteiger partial charge in [-0.15, -0.1) is 0 Å². The molecule has 2 aromatic rings. The average Bonchev–Trinajstić information content (AvgIpc) is 3.15. The lowest BCUT2D eigenvalue weighted by Gasteiger charge is -2.43. The summed E-state index contributed by atoms with van der Waals surface area (Å²) in [5.74, 6) is 0.574. The van der Waals surface area contributed by atoms with Crippen molar-refractivity contribution >= 4 is 0 Å². The third kappa shape index (κ3) is 1.91. The summed E-state index contributed by atoms with van der Waals surface area (Å²) in [5, 5.41) is 15.2. The van der Waals surface area contributed by atoms with Gasteiger partial charge in [0.1, 0.15) is 0 Å². The lowest BCUT2D eigenvalue weighted by molar-refractivity contribution is 0.0352. The van der Waals surface area contributed by atoms with Crippen molar-refractivity contribution in [2.45, 2.75) is 51.6 Å². The number of hydrogen-bond donors (Lipinski definition) is 1. The van der Waals surface area contributed by atoms with Crippen LogP contribution < -0.4 is 0 Å². The Hall–Kier alpha value is -1.87. The van der Waals surface area contributed by atoms with Crippen LogP contribution >= 0.6 is 0 Å². The highest BCUT2D eigenvalue weighted by Crippen LogP contribution is 2.56. The van der Waals surface area contributed by atoms with E-state index in [4.69, 9.17) is 0 Å². The lowest BCUT2D eigenvalue weighted by Crippen LogP contribution is -2.38. The first-order valence-electron chi connectivity index (χ1n) is 9.17. The van der Waals surface area contributed by atoms with Gasteiger partial charge in [0.2, 0.25) is 0 Å². The largest absolute Gasteiger partial charge is 0.393 e. The van der Waals surface area contributed by atoms with Gasteiger partial charge in [0, 0.05) is 11.8 Å². The summed E-state index contributed by atoms with van der Waals surface area (Å²) >= 11 is 0. The van der Waals surface area contributed by atoms with E-state index in [2.05, 4.69) is 47.2 Å². The smallest absolute Gasteiger partial charge is 0.0649 e. The van der Waals surface area contributed by atoms with Crippen LogP contribution in [0, 0.1) is 11.3 Å². The normalized spacial score (nSPS) is 31.6. The Labute approximate surface area is 143 Å². The van der Waals surface area contributed by atoms with E-state index >= 15 is 0 Å². The van der Waals surface area contributed by atoms with Crippen molar-refractivity contribution in [3.8, 4) is 5.69 Å². The Morgan fingerprint density at radius 3 is 2.83 bits per heavy atom. The third-order valence-electron chi connectivity index (χ3n) is 6.84. The molecule has 0 aliphatic heterocycles. The number of hydrogen-bond acceptors (Lipinski definition) is 2. The summed E-state index contributed by atoms with van der Waals surface area (Å²) in [7, 11) is 0. The van der Waals surface area contributed by atoms with Crippen molar-refractivity contribution in [3.63, 3.8) is 0 Å². The lowest BCUT2D eigenvalue weighted by atomic mass is 9.63. The monoisotopic (exact) mass is 320 g/mol. The Kier molecular flexibility index (Phi) is 3.05. The Bertz CT molecular complexity index is 820. The van der Waals surface area contributed by atoms with Crippen molar-refractivity contribution in [1.29, 1.82) is 0 Å². The van der Waals surface area contributed by atoms with E-state index in [0.717, 1.165) is 44.2 Å². The summed E-state index contributed by atoms with van der Waals surface area (Å²) in [4.78, 5) is 0. The minimum Gasteiger partial charge on any atom is -0.393 e. The fourth-order valence-electron chi connectivity index (χ4n) is 5.35. The first-order valence-corrected chi connectivity index (χ1v) is 9.17. The summed E-state index contributed by atoms with van der Waals surface area (Å²) in [5.41, 5.74) is 7.24. The van der Waals surface area contributed by atoms with Crippen LogP contribution in [-0.4, -0.2) is 21.0 Å². The molecule has 0 bridgehead atoms. The van der Waals surface area contributed by atoms with Gasteiger partial charge in [0.05, 0.1) is 23.7 Å². The molecular formula is C21H24N2O. The number of para-hydroxylation sites is 1. The van der Waals surface area contributed by atoms with Crippen LogP contribution in [0.5, 0.6) is 0 Å². The van der Waals surface area contributed by atoms with Gasteiger partial charge in [-0.05, 0) is 55.7 Å². The second-order valence-corrected chi connectivity index (χ2v) is 8.00. The molecule has 0 saturated heterocycles. The molecule has 5 rings (SSSR count). The van der Waals surface area contributed by atoms with E-state index in [1.165, 1.54) is 11.3 Å². The van der Waals surface area contributed by atoms with E-state index < -0.39 is 0 Å². The van der Waals surface area contributed by atoms with Gasteiger partial charge in [-0.25, -0.2) is 4.68 Å². The topological polar surface area (TPSA) is 38.0 Å². The van der Waals surface area contributed by atoms with Crippen molar-refractivity contribution in [2.24, 2.45) is 11.3 Å². The number of nitrogens with zero attached hydrogens (tertiary/aromatic N) is 2. The van der Waals surface area contributed by atoms with E-state index in [0.29, 0.717) is 5.92 Å². The van der Waals surface area contributed by atoms with Crippen LogP contribution in [0.3, 0.4) is 0 Å². The first-order chi connectivity index (χ1) is 11.7. The van der Waals surface area contributed by atoms with Gasteiger partial charge in [0.15, 0.2) is 0 Å². The molecule has 3 atom stereocenters. The van der Waals surface area contributed by atoms with Crippen molar-refractivity contribution in [3.05, 3.63) is 58.9 Å². The highest BCUT2D eigenvalue weighted by Gasteiger charge is 2.50. The fourth-order valence-corrected chi connectivity index (χ4v) is 5.35. The van der Waals surface area contributed by atoms with Crippen LogP contribution in [0.4, 0.5) is 0 Å². The van der Waals surface area contributed by atoms with E-state index in [-0.39, 0.29) is 11.5 Å². The number of aliphatic hydroxyl groups is 1. The summed E-state index contributed by atoms with van der Waals surface area (Å²) in [6.07, 6.45) is 8.39. The summed E-state index contributed by atoms with van der Waals surface area (Å²) in [6, 6.07) is 10.4. The van der Waals surface area contributed by atoms with Crippen LogP contribution in [-0.2, 0) is 12.8 Å². The molecule has 1 heterocycles. The number of benzene rings is 1. The van der Waals surface area contributed by atoms with Gasteiger partial charge in [0.25, 0.3) is 0 Å². The molecule has 3 heteroatoms. The van der Waals surface area contributed by atoms with Gasteiger partial charge >= 0.3 is 0 Å². The number of allylic oxidation sites excluding steroid dienone is 2. The number of rotatable bonds is 1. The molecule has 0 radical (unpaired) electrons. The minimum absolute atomic E-state index is 0.103. The SMILES string of the molecule is CC12CCC3=C(Cc4cnn(-c5ccccc5)c4C3)C1CCC2O. The Morgan fingerprint density at radius 1 is 1.17 bits per heavy atom. The van der Waals surface area contributed by atoms with Crippen molar-refractivity contribution in [2.75, 3.05) is 0 Å². The maximum absolute atomic E-state index is 10.5. The molecule has 3 unspecified atom stereocenters. The highest BCUT2D eigenvalue weighted by molar-refractivity contribution is 5.44. The fraction of sp³-hybridized carbons (Fsp3) is 0.476. The highest BCUT2D eigenvalue weighted by atomic mass is 16.3. The Balaban J connectivity index is 1.54. The van der Waals surface area contributed by atoms with Crippen LogP contribution in [0.25, 0.3) is 5.69 Å². The maximum Gasteiger partial charge on any atom is 0.0649 e.